The lowest BCUT2D eigenvalue weighted by Crippen LogP contribution is -2.34. The molecule has 2 aromatic heterocycles. The van der Waals surface area contributed by atoms with Gasteiger partial charge in [0.05, 0.1) is 5.69 Å². The number of benzene rings is 1. The maximum absolute atomic E-state index is 13.9. The smallest absolute Gasteiger partial charge is 0.404 e. The number of halogens is 1. The van der Waals surface area contributed by atoms with Gasteiger partial charge in [-0.2, -0.15) is 14.5 Å². The van der Waals surface area contributed by atoms with Gasteiger partial charge in [-0.1, -0.05) is 6.07 Å². The van der Waals surface area contributed by atoms with Crippen molar-refractivity contribution in [1.29, 1.82) is 0 Å². The number of hydrogen-bond acceptors (Lipinski definition) is 6. The van der Waals surface area contributed by atoms with E-state index in [1.54, 1.807) is 12.4 Å². The molecule has 2 unspecified atom stereocenters. The molecule has 4 heterocycles. The van der Waals surface area contributed by atoms with Crippen LogP contribution >= 0.6 is 0 Å². The van der Waals surface area contributed by atoms with E-state index in [4.69, 9.17) is 9.47 Å². The van der Waals surface area contributed by atoms with Gasteiger partial charge in [0.15, 0.2) is 11.5 Å². The summed E-state index contributed by atoms with van der Waals surface area (Å²) in [5, 5.41) is 4.36. The fourth-order valence-corrected chi connectivity index (χ4v) is 4.18. The molecule has 2 aliphatic rings. The predicted molar refractivity (Wildman–Crippen MR) is 100.0 cm³/mol. The van der Waals surface area contributed by atoms with E-state index in [-0.39, 0.29) is 0 Å². The largest absolute Gasteiger partial charge is 0.423 e. The van der Waals surface area contributed by atoms with Crippen molar-refractivity contribution >= 4 is 5.78 Å². The van der Waals surface area contributed by atoms with Gasteiger partial charge in [0.1, 0.15) is 6.33 Å². The van der Waals surface area contributed by atoms with Crippen LogP contribution in [0.5, 0.6) is 11.5 Å². The first-order valence-electron chi connectivity index (χ1n) is 9.56. The van der Waals surface area contributed by atoms with Crippen LogP contribution in [-0.2, 0) is 6.54 Å². The number of nitrogens with zero attached hydrogens (tertiary/aromatic N) is 5. The first kappa shape index (κ1) is 17.4. The van der Waals surface area contributed by atoms with E-state index < -0.39 is 6.04 Å². The molecule has 2 atom stereocenters. The minimum absolute atomic E-state index is 0.364. The Morgan fingerprint density at radius 3 is 3.00 bits per heavy atom. The van der Waals surface area contributed by atoms with Gasteiger partial charge < -0.3 is 9.47 Å². The van der Waals surface area contributed by atoms with Crippen molar-refractivity contribution < 1.29 is 13.9 Å². The van der Waals surface area contributed by atoms with Crippen LogP contribution in [0.2, 0.25) is 0 Å². The number of rotatable bonds is 3. The molecule has 7 nitrogen and oxygen atoms in total. The van der Waals surface area contributed by atoms with Gasteiger partial charge >= 0.3 is 6.04 Å². The molecule has 0 bridgehead atoms. The van der Waals surface area contributed by atoms with Crippen LogP contribution in [0.25, 0.3) is 5.78 Å². The molecule has 0 amide bonds. The highest BCUT2D eigenvalue weighted by Gasteiger charge is 2.36. The minimum atomic E-state index is -2.08. The quantitative estimate of drug-likeness (QED) is 0.692. The normalized spacial score (nSPS) is 24.8. The summed E-state index contributed by atoms with van der Waals surface area (Å²) in [5.41, 5.74) is 3.19. The van der Waals surface area contributed by atoms with Crippen LogP contribution in [0.4, 0.5) is 4.39 Å². The highest BCUT2D eigenvalue weighted by Crippen LogP contribution is 2.40. The maximum Gasteiger partial charge on any atom is 0.404 e. The molecule has 1 aromatic carbocycles. The van der Waals surface area contributed by atoms with Gasteiger partial charge in [-0.3, -0.25) is 4.90 Å². The summed E-state index contributed by atoms with van der Waals surface area (Å²) < 4.78 is 26.1. The SMILES string of the molecule is Cc1cc(C2CCCN(Cc3ccc4c(c3)OC(C)(F)O4)C2)n2ncnc2n1. The third kappa shape index (κ3) is 3.17. The molecule has 1 saturated heterocycles. The van der Waals surface area contributed by atoms with Crippen LogP contribution in [0.3, 0.4) is 0 Å². The van der Waals surface area contributed by atoms with E-state index in [2.05, 4.69) is 26.0 Å². The zero-order valence-corrected chi connectivity index (χ0v) is 15.9. The van der Waals surface area contributed by atoms with Gasteiger partial charge in [0, 0.05) is 31.6 Å². The van der Waals surface area contributed by atoms with E-state index in [9.17, 15) is 4.39 Å². The molecule has 0 N–H and O–H groups in total. The Morgan fingerprint density at radius 2 is 2.11 bits per heavy atom. The van der Waals surface area contributed by atoms with Crippen molar-refractivity contribution in [1.82, 2.24) is 24.5 Å². The van der Waals surface area contributed by atoms with Crippen molar-refractivity contribution in [2.24, 2.45) is 0 Å². The van der Waals surface area contributed by atoms with E-state index in [0.717, 1.165) is 49.4 Å². The van der Waals surface area contributed by atoms with Crippen molar-refractivity contribution in [3.05, 3.63) is 47.5 Å². The lowest BCUT2D eigenvalue weighted by atomic mass is 9.93. The number of aromatic nitrogens is 4. The first-order valence-corrected chi connectivity index (χ1v) is 9.56. The van der Waals surface area contributed by atoms with E-state index in [1.165, 1.54) is 6.92 Å². The van der Waals surface area contributed by atoms with Crippen molar-refractivity contribution in [3.63, 3.8) is 0 Å². The second-order valence-corrected chi connectivity index (χ2v) is 7.69. The lowest BCUT2D eigenvalue weighted by molar-refractivity contribution is -0.173. The molecule has 5 rings (SSSR count). The maximum atomic E-state index is 13.9. The molecule has 2 aliphatic heterocycles. The second kappa shape index (κ2) is 6.41. The molecule has 146 valence electrons. The van der Waals surface area contributed by atoms with E-state index in [0.29, 0.717) is 23.2 Å². The van der Waals surface area contributed by atoms with Gasteiger partial charge in [-0.25, -0.2) is 9.50 Å². The van der Waals surface area contributed by atoms with Crippen LogP contribution in [0, 0.1) is 6.92 Å². The fraction of sp³-hybridized carbons (Fsp3) is 0.450. The Bertz CT molecular complexity index is 1030. The number of hydrogen-bond donors (Lipinski definition) is 0. The summed E-state index contributed by atoms with van der Waals surface area (Å²) in [7, 11) is 0. The molecule has 3 aromatic rings. The summed E-state index contributed by atoms with van der Waals surface area (Å²) in [6, 6.07) is 5.65. The molecular formula is C20H22FN5O2. The number of piperidine rings is 1. The molecular weight excluding hydrogens is 361 g/mol. The van der Waals surface area contributed by atoms with Gasteiger partial charge in [0.2, 0.25) is 0 Å². The van der Waals surface area contributed by atoms with Gasteiger partial charge in [-0.15, -0.1) is 0 Å². The molecule has 0 saturated carbocycles. The van der Waals surface area contributed by atoms with Crippen LogP contribution in [0.15, 0.2) is 30.6 Å². The zero-order chi connectivity index (χ0) is 19.3. The Balaban J connectivity index is 1.35. The predicted octanol–water partition coefficient (Wildman–Crippen LogP) is 3.23. The van der Waals surface area contributed by atoms with Crippen molar-refractivity contribution in [3.8, 4) is 11.5 Å². The Labute approximate surface area is 162 Å². The third-order valence-corrected chi connectivity index (χ3v) is 5.33. The number of fused-ring (bicyclic) bond motifs is 2. The Morgan fingerprint density at radius 1 is 1.25 bits per heavy atom. The standard InChI is InChI=1S/C20H22FN5O2/c1-13-8-16(26-19(24-13)22-12-23-26)15-4-3-7-25(11-15)10-14-5-6-17-18(9-14)28-20(2,21)27-17/h5-6,8-9,12,15H,3-4,7,10-11H2,1-2H3. The number of likely N-dealkylation sites (tertiary alicyclic amines) is 1. The molecule has 0 radical (unpaired) electrons. The summed E-state index contributed by atoms with van der Waals surface area (Å²) in [5.74, 6) is 1.93. The summed E-state index contributed by atoms with van der Waals surface area (Å²) in [4.78, 5) is 11.1. The topological polar surface area (TPSA) is 64.8 Å². The third-order valence-electron chi connectivity index (χ3n) is 5.33. The molecule has 0 aliphatic carbocycles. The van der Waals surface area contributed by atoms with Crippen molar-refractivity contribution in [2.45, 2.75) is 45.2 Å². The number of alkyl halides is 1. The zero-order valence-electron chi connectivity index (χ0n) is 15.9. The van der Waals surface area contributed by atoms with Crippen LogP contribution in [-0.4, -0.2) is 43.6 Å². The minimum Gasteiger partial charge on any atom is -0.423 e. The Kier molecular flexibility index (Phi) is 3.97. The van der Waals surface area contributed by atoms with Gasteiger partial charge in [-0.05, 0) is 50.1 Å². The Hall–Kier alpha value is -2.74. The second-order valence-electron chi connectivity index (χ2n) is 7.69. The van der Waals surface area contributed by atoms with Gasteiger partial charge in [0.25, 0.3) is 5.78 Å². The van der Waals surface area contributed by atoms with Crippen molar-refractivity contribution in [2.75, 3.05) is 13.1 Å². The van der Waals surface area contributed by atoms with E-state index >= 15 is 0 Å². The van der Waals surface area contributed by atoms with Crippen LogP contribution in [0.1, 0.15) is 42.6 Å². The summed E-state index contributed by atoms with van der Waals surface area (Å²) in [6.07, 6.45) is 3.77. The molecule has 0 spiro atoms. The number of ether oxygens (including phenoxy) is 2. The monoisotopic (exact) mass is 383 g/mol. The molecule has 8 heteroatoms. The summed E-state index contributed by atoms with van der Waals surface area (Å²) in [6.45, 7) is 5.98. The molecule has 1 fully saturated rings. The fourth-order valence-electron chi connectivity index (χ4n) is 4.18. The first-order chi connectivity index (χ1) is 13.5. The highest BCUT2D eigenvalue weighted by molar-refractivity contribution is 5.45. The average Bonchev–Trinajstić information content (AvgIpc) is 3.23. The average molecular weight is 383 g/mol. The van der Waals surface area contributed by atoms with Crippen LogP contribution < -0.4 is 9.47 Å². The van der Waals surface area contributed by atoms with E-state index in [1.807, 2.05) is 23.6 Å². The lowest BCUT2D eigenvalue weighted by Gasteiger charge is -2.33. The molecule has 28 heavy (non-hydrogen) atoms. The highest BCUT2D eigenvalue weighted by atomic mass is 19.2. The summed E-state index contributed by atoms with van der Waals surface area (Å²) >= 11 is 0. The number of aryl methyl sites for hydroxylation is 1.